The van der Waals surface area contributed by atoms with Crippen LogP contribution >= 0.6 is 0 Å². The van der Waals surface area contributed by atoms with Crippen molar-refractivity contribution in [2.24, 2.45) is 7.05 Å². The highest BCUT2D eigenvalue weighted by Gasteiger charge is 1.93. The summed E-state index contributed by atoms with van der Waals surface area (Å²) < 4.78 is 1.33. The van der Waals surface area contributed by atoms with Crippen LogP contribution in [0.25, 0.3) is 0 Å². The molecule has 1 aromatic heterocycles. The van der Waals surface area contributed by atoms with Crippen molar-refractivity contribution in [1.29, 1.82) is 0 Å². The third-order valence-corrected chi connectivity index (χ3v) is 1.29. The van der Waals surface area contributed by atoms with Crippen molar-refractivity contribution in [3.05, 3.63) is 32.6 Å². The zero-order chi connectivity index (χ0) is 9.72. The number of hydrogen-bond acceptors (Lipinski definition) is 3. The highest BCUT2D eigenvalue weighted by atomic mass is 16.2. The Morgan fingerprint density at radius 1 is 1.42 bits per heavy atom. The van der Waals surface area contributed by atoms with Crippen LogP contribution in [0.4, 0.5) is 0 Å². The van der Waals surface area contributed by atoms with Crippen LogP contribution in [0.2, 0.25) is 0 Å². The van der Waals surface area contributed by atoms with Crippen molar-refractivity contribution in [1.82, 2.24) is 9.55 Å². The van der Waals surface area contributed by atoms with E-state index in [1.54, 1.807) is 14.0 Å². The van der Waals surface area contributed by atoms with Crippen LogP contribution in [-0.2, 0) is 7.05 Å². The lowest BCUT2D eigenvalue weighted by atomic mass is 10.4. The van der Waals surface area contributed by atoms with Crippen molar-refractivity contribution in [3.8, 4) is 0 Å². The van der Waals surface area contributed by atoms with E-state index in [0.29, 0.717) is 5.56 Å². The summed E-state index contributed by atoms with van der Waals surface area (Å²) in [6.07, 6.45) is 1.50. The normalized spacial score (nSPS) is 8.67. The summed E-state index contributed by atoms with van der Waals surface area (Å²) >= 11 is 0. The molecule has 0 spiro atoms. The molecule has 0 atom stereocenters. The second kappa shape index (κ2) is 4.50. The van der Waals surface area contributed by atoms with Gasteiger partial charge in [-0.05, 0) is 6.92 Å². The predicted octanol–water partition coefficient (Wildman–Crippen LogP) is -1.01. The van der Waals surface area contributed by atoms with E-state index in [-0.39, 0.29) is 11.2 Å². The number of aliphatic hydroxyl groups is 1. The number of aliphatic hydroxyl groups excluding tert-OH is 1. The Hall–Kier alpha value is -1.36. The van der Waals surface area contributed by atoms with Gasteiger partial charge in [-0.3, -0.25) is 9.78 Å². The van der Waals surface area contributed by atoms with Gasteiger partial charge in [0.25, 0.3) is 5.56 Å². The minimum Gasteiger partial charge on any atom is -0.400 e. The second-order valence-electron chi connectivity index (χ2n) is 2.18. The fraction of sp³-hybridized carbons (Fsp3) is 0.429. The summed E-state index contributed by atoms with van der Waals surface area (Å²) in [5, 5.41) is 7.00. The fourth-order valence-electron chi connectivity index (χ4n) is 0.692. The van der Waals surface area contributed by atoms with Gasteiger partial charge in [-0.1, -0.05) is 0 Å². The van der Waals surface area contributed by atoms with Crippen molar-refractivity contribution in [2.75, 3.05) is 7.11 Å². The van der Waals surface area contributed by atoms with E-state index in [1.165, 1.54) is 10.8 Å². The van der Waals surface area contributed by atoms with Gasteiger partial charge in [-0.2, -0.15) is 0 Å². The molecule has 1 heterocycles. The zero-order valence-electron chi connectivity index (χ0n) is 7.29. The third-order valence-electron chi connectivity index (χ3n) is 1.29. The molecule has 5 nitrogen and oxygen atoms in total. The number of nitrogens with one attached hydrogen (secondary N) is 1. The van der Waals surface area contributed by atoms with E-state index < -0.39 is 0 Å². The number of aryl methyl sites for hydroxylation is 2. The maximum absolute atomic E-state index is 10.7. The Kier molecular flexibility index (Phi) is 3.99. The molecule has 0 unspecified atom stereocenters. The molecule has 0 fully saturated rings. The Morgan fingerprint density at radius 2 is 1.92 bits per heavy atom. The van der Waals surface area contributed by atoms with Gasteiger partial charge in [0.05, 0.1) is 0 Å². The van der Waals surface area contributed by atoms with Gasteiger partial charge in [-0.15, -0.1) is 0 Å². The van der Waals surface area contributed by atoms with Crippen LogP contribution in [0.3, 0.4) is 0 Å². The first-order valence-corrected chi connectivity index (χ1v) is 3.32. The molecule has 1 aromatic rings. The molecule has 0 saturated heterocycles. The van der Waals surface area contributed by atoms with Crippen LogP contribution in [0.15, 0.2) is 15.8 Å². The maximum Gasteiger partial charge on any atom is 0.328 e. The summed E-state index contributed by atoms with van der Waals surface area (Å²) in [4.78, 5) is 23.6. The van der Waals surface area contributed by atoms with Gasteiger partial charge in [0.2, 0.25) is 0 Å². The molecule has 5 heteroatoms. The lowest BCUT2D eigenvalue weighted by Gasteiger charge is -1.94. The first kappa shape index (κ1) is 10.6. The van der Waals surface area contributed by atoms with Crippen molar-refractivity contribution >= 4 is 0 Å². The molecule has 1 rings (SSSR count). The third kappa shape index (κ3) is 2.35. The monoisotopic (exact) mass is 172 g/mol. The zero-order valence-corrected chi connectivity index (χ0v) is 7.29. The lowest BCUT2D eigenvalue weighted by Crippen LogP contribution is -2.28. The van der Waals surface area contributed by atoms with Crippen LogP contribution in [0.5, 0.6) is 0 Å². The Balaban J connectivity index is 0.000000561. The predicted molar refractivity (Wildman–Crippen MR) is 45.2 cm³/mol. The van der Waals surface area contributed by atoms with E-state index in [9.17, 15) is 9.59 Å². The fourth-order valence-corrected chi connectivity index (χ4v) is 0.692. The molecule has 2 N–H and O–H groups in total. The lowest BCUT2D eigenvalue weighted by molar-refractivity contribution is 0.399. The summed E-state index contributed by atoms with van der Waals surface area (Å²) in [7, 11) is 2.59. The molecular weight excluding hydrogens is 160 g/mol. The first-order valence-electron chi connectivity index (χ1n) is 3.32. The first-order chi connectivity index (χ1) is 5.61. The van der Waals surface area contributed by atoms with Crippen LogP contribution in [-0.4, -0.2) is 21.8 Å². The quantitative estimate of drug-likeness (QED) is 0.526. The van der Waals surface area contributed by atoms with Gasteiger partial charge in [0.15, 0.2) is 0 Å². The largest absolute Gasteiger partial charge is 0.400 e. The van der Waals surface area contributed by atoms with Gasteiger partial charge in [-0.25, -0.2) is 4.79 Å². The highest BCUT2D eigenvalue weighted by molar-refractivity contribution is 4.99. The molecule has 0 aromatic carbocycles. The molecule has 12 heavy (non-hydrogen) atoms. The number of H-pyrrole nitrogens is 1. The summed E-state index contributed by atoms with van der Waals surface area (Å²) in [5.74, 6) is 0. The van der Waals surface area contributed by atoms with Gasteiger partial charge < -0.3 is 9.67 Å². The van der Waals surface area contributed by atoms with E-state index in [1.807, 2.05) is 0 Å². The van der Waals surface area contributed by atoms with E-state index in [2.05, 4.69) is 4.98 Å². The van der Waals surface area contributed by atoms with E-state index in [4.69, 9.17) is 5.11 Å². The van der Waals surface area contributed by atoms with Crippen LogP contribution in [0, 0.1) is 6.92 Å². The topological polar surface area (TPSA) is 75.1 Å². The molecule has 0 amide bonds. The number of rotatable bonds is 0. The van der Waals surface area contributed by atoms with Crippen molar-refractivity contribution in [3.63, 3.8) is 0 Å². The SMILES string of the molecule is CO.Cc1cn(C)c(=O)[nH]c1=O. The maximum atomic E-state index is 10.7. The smallest absolute Gasteiger partial charge is 0.328 e. The number of hydrogen-bond donors (Lipinski definition) is 2. The summed E-state index contributed by atoms with van der Waals surface area (Å²) in [5.41, 5.74) is -0.152. The molecule has 0 saturated carbocycles. The summed E-state index contributed by atoms with van der Waals surface area (Å²) in [6, 6.07) is 0. The molecule has 68 valence electrons. The molecule has 0 bridgehead atoms. The molecular formula is C7H12N2O3. The number of aromatic amines is 1. The van der Waals surface area contributed by atoms with Crippen molar-refractivity contribution in [2.45, 2.75) is 6.92 Å². The van der Waals surface area contributed by atoms with Gasteiger partial charge >= 0.3 is 5.69 Å². The van der Waals surface area contributed by atoms with Crippen LogP contribution in [0.1, 0.15) is 5.56 Å². The molecule has 0 aliphatic carbocycles. The van der Waals surface area contributed by atoms with Crippen molar-refractivity contribution < 1.29 is 5.11 Å². The second-order valence-corrected chi connectivity index (χ2v) is 2.18. The average molecular weight is 172 g/mol. The van der Waals surface area contributed by atoms with Crippen LogP contribution < -0.4 is 11.2 Å². The Labute approximate surface area is 69.3 Å². The standard InChI is InChI=1S/C6H8N2O2.CH4O/c1-4-3-8(2)6(10)7-5(4)9;1-2/h3H,1-2H3,(H,7,9,10);2H,1H3. The molecule has 0 radical (unpaired) electrons. The molecule has 0 aliphatic rings. The highest BCUT2D eigenvalue weighted by Crippen LogP contribution is 1.77. The average Bonchev–Trinajstić information content (AvgIpc) is 2.05. The Bertz CT molecular complexity index is 319. The minimum atomic E-state index is -0.379. The number of aromatic nitrogens is 2. The van der Waals surface area contributed by atoms with Gasteiger partial charge in [0.1, 0.15) is 0 Å². The minimum absolute atomic E-state index is 0.317. The number of nitrogens with zero attached hydrogens (tertiary/aromatic N) is 1. The van der Waals surface area contributed by atoms with Gasteiger partial charge in [0, 0.05) is 25.9 Å². The molecule has 0 aliphatic heterocycles. The Morgan fingerprint density at radius 3 is 2.33 bits per heavy atom. The van der Waals surface area contributed by atoms with E-state index >= 15 is 0 Å². The summed E-state index contributed by atoms with van der Waals surface area (Å²) in [6.45, 7) is 1.65. The van der Waals surface area contributed by atoms with E-state index in [0.717, 1.165) is 7.11 Å².